The van der Waals surface area contributed by atoms with E-state index in [2.05, 4.69) is 0 Å². The van der Waals surface area contributed by atoms with E-state index in [0.29, 0.717) is 12.8 Å². The summed E-state index contributed by atoms with van der Waals surface area (Å²) in [5.41, 5.74) is 10.3. The van der Waals surface area contributed by atoms with Crippen molar-refractivity contribution in [2.75, 3.05) is 0 Å². The van der Waals surface area contributed by atoms with Crippen molar-refractivity contribution in [3.05, 3.63) is 0 Å². The minimum atomic E-state index is -1.16. The van der Waals surface area contributed by atoms with E-state index in [0.717, 1.165) is 19.3 Å². The normalized spacial score (nSPS) is 20.9. The first-order valence-electron chi connectivity index (χ1n) is 6.78. The highest BCUT2D eigenvalue weighted by molar-refractivity contribution is 5.93. The number of hydrogen-bond acceptors (Lipinski definition) is 5. The first kappa shape index (κ1) is 16.6. The third-order valence-electron chi connectivity index (χ3n) is 3.99. The molecule has 7 heteroatoms. The van der Waals surface area contributed by atoms with Gasteiger partial charge in [0.15, 0.2) is 5.78 Å². The van der Waals surface area contributed by atoms with Gasteiger partial charge in [0.2, 0.25) is 0 Å². The Labute approximate surface area is 117 Å². The number of carboxylic acid groups (broad SMARTS) is 2. The Kier molecular flexibility index (Phi) is 5.64. The lowest BCUT2D eigenvalue weighted by atomic mass is 9.66. The van der Waals surface area contributed by atoms with Gasteiger partial charge in [0.05, 0.1) is 12.5 Å². The van der Waals surface area contributed by atoms with Gasteiger partial charge in [0, 0.05) is 5.41 Å². The zero-order chi connectivity index (χ0) is 15.3. The molecule has 0 amide bonds. The predicted octanol–water partition coefficient (Wildman–Crippen LogP) is 0.110. The van der Waals surface area contributed by atoms with Crippen molar-refractivity contribution < 1.29 is 24.6 Å². The summed E-state index contributed by atoms with van der Waals surface area (Å²) in [5, 5.41) is 17.7. The van der Waals surface area contributed by atoms with Gasteiger partial charge in [0.25, 0.3) is 0 Å². The number of hydrogen-bond donors (Lipinski definition) is 4. The van der Waals surface area contributed by atoms with Gasteiger partial charge in [-0.25, -0.2) is 0 Å². The van der Waals surface area contributed by atoms with Crippen LogP contribution in [0.4, 0.5) is 0 Å². The quantitative estimate of drug-likeness (QED) is 0.520. The van der Waals surface area contributed by atoms with Crippen LogP contribution in [0.1, 0.15) is 44.9 Å². The highest BCUT2D eigenvalue weighted by atomic mass is 16.4. The second kappa shape index (κ2) is 6.81. The average molecular weight is 286 g/mol. The molecule has 0 aromatic rings. The van der Waals surface area contributed by atoms with Gasteiger partial charge in [-0.1, -0.05) is 19.3 Å². The van der Waals surface area contributed by atoms with Crippen LogP contribution in [0.15, 0.2) is 0 Å². The maximum atomic E-state index is 12.5. The third kappa shape index (κ3) is 4.01. The number of Topliss-reactive ketones (excluding diaryl/α,β-unsaturated/α-hetero) is 1. The number of carbonyl (C=O) groups is 3. The molecule has 7 nitrogen and oxygen atoms in total. The summed E-state index contributed by atoms with van der Waals surface area (Å²) in [4.78, 5) is 34.1. The number of ketones is 1. The summed E-state index contributed by atoms with van der Waals surface area (Å²) in [6.07, 6.45) is 3.22. The highest BCUT2D eigenvalue weighted by Gasteiger charge is 2.44. The molecule has 6 N–H and O–H groups in total. The monoisotopic (exact) mass is 286 g/mol. The topological polar surface area (TPSA) is 144 Å². The van der Waals surface area contributed by atoms with E-state index < -0.39 is 35.9 Å². The van der Waals surface area contributed by atoms with E-state index >= 15 is 0 Å². The number of carboxylic acids is 2. The van der Waals surface area contributed by atoms with Crippen LogP contribution in [0.5, 0.6) is 0 Å². The Morgan fingerprint density at radius 2 is 1.55 bits per heavy atom. The summed E-state index contributed by atoms with van der Waals surface area (Å²) >= 11 is 0. The molecule has 2 atom stereocenters. The van der Waals surface area contributed by atoms with Gasteiger partial charge < -0.3 is 21.7 Å². The van der Waals surface area contributed by atoms with Crippen LogP contribution in [0.2, 0.25) is 0 Å². The largest absolute Gasteiger partial charge is 0.481 e. The molecule has 0 radical (unpaired) electrons. The van der Waals surface area contributed by atoms with Crippen LogP contribution in [0, 0.1) is 5.41 Å². The Bertz CT molecular complexity index is 390. The molecule has 0 aliphatic heterocycles. The molecule has 0 aromatic carbocycles. The van der Waals surface area contributed by atoms with Gasteiger partial charge in [-0.3, -0.25) is 14.4 Å². The van der Waals surface area contributed by atoms with Crippen molar-refractivity contribution in [1.29, 1.82) is 0 Å². The van der Waals surface area contributed by atoms with E-state index in [4.69, 9.17) is 21.7 Å². The van der Waals surface area contributed by atoms with Crippen molar-refractivity contribution in [3.63, 3.8) is 0 Å². The standard InChI is InChI=1S/C13H22N2O5/c14-8(6-10(16)17)11(18)13(4-2-1-3-5-13)7-9(15)12(19)20/h8-9H,1-7,14-15H2,(H,16,17)(H,19,20). The van der Waals surface area contributed by atoms with E-state index in [9.17, 15) is 14.4 Å². The van der Waals surface area contributed by atoms with Crippen LogP contribution in [-0.4, -0.2) is 40.0 Å². The van der Waals surface area contributed by atoms with E-state index in [1.807, 2.05) is 0 Å². The van der Waals surface area contributed by atoms with E-state index in [1.54, 1.807) is 0 Å². The molecule has 1 saturated carbocycles. The van der Waals surface area contributed by atoms with Crippen LogP contribution in [0.3, 0.4) is 0 Å². The molecule has 2 unspecified atom stereocenters. The lowest BCUT2D eigenvalue weighted by Crippen LogP contribution is -2.49. The van der Waals surface area contributed by atoms with Crippen molar-refractivity contribution in [2.45, 2.75) is 57.0 Å². The van der Waals surface area contributed by atoms with Crippen LogP contribution in [-0.2, 0) is 14.4 Å². The Morgan fingerprint density at radius 3 is 2.00 bits per heavy atom. The maximum Gasteiger partial charge on any atom is 0.320 e. The second-order valence-corrected chi connectivity index (χ2v) is 5.56. The van der Waals surface area contributed by atoms with Crippen molar-refractivity contribution >= 4 is 17.7 Å². The summed E-state index contributed by atoms with van der Waals surface area (Å²) in [7, 11) is 0. The minimum Gasteiger partial charge on any atom is -0.481 e. The smallest absolute Gasteiger partial charge is 0.320 e. The van der Waals surface area contributed by atoms with Gasteiger partial charge >= 0.3 is 11.9 Å². The predicted molar refractivity (Wildman–Crippen MR) is 71.0 cm³/mol. The van der Waals surface area contributed by atoms with Crippen LogP contribution >= 0.6 is 0 Å². The van der Waals surface area contributed by atoms with Crippen LogP contribution < -0.4 is 11.5 Å². The summed E-state index contributed by atoms with van der Waals surface area (Å²) in [6, 6.07) is -2.24. The van der Waals surface area contributed by atoms with Crippen LogP contribution in [0.25, 0.3) is 0 Å². The summed E-state index contributed by atoms with van der Waals surface area (Å²) in [6.45, 7) is 0. The SMILES string of the molecule is NC(CC1(C(=O)C(N)CC(=O)O)CCCCC1)C(=O)O. The first-order valence-corrected chi connectivity index (χ1v) is 6.78. The Balaban J connectivity index is 2.89. The fourth-order valence-electron chi connectivity index (χ4n) is 2.96. The van der Waals surface area contributed by atoms with Gasteiger partial charge in [-0.05, 0) is 19.3 Å². The highest BCUT2D eigenvalue weighted by Crippen LogP contribution is 2.41. The molecule has 1 rings (SSSR count). The number of rotatable bonds is 7. The van der Waals surface area contributed by atoms with Gasteiger partial charge in [-0.2, -0.15) is 0 Å². The zero-order valence-electron chi connectivity index (χ0n) is 11.4. The average Bonchev–Trinajstić information content (AvgIpc) is 2.37. The number of nitrogens with two attached hydrogens (primary N) is 2. The molecule has 0 spiro atoms. The zero-order valence-corrected chi connectivity index (χ0v) is 11.4. The van der Waals surface area contributed by atoms with E-state index in [1.165, 1.54) is 0 Å². The molecule has 0 saturated heterocycles. The molecule has 1 fully saturated rings. The van der Waals surface area contributed by atoms with Crippen molar-refractivity contribution in [3.8, 4) is 0 Å². The van der Waals surface area contributed by atoms with Gasteiger partial charge in [-0.15, -0.1) is 0 Å². The second-order valence-electron chi connectivity index (χ2n) is 5.56. The van der Waals surface area contributed by atoms with Crippen molar-refractivity contribution in [1.82, 2.24) is 0 Å². The number of aliphatic carboxylic acids is 2. The molecule has 0 aromatic heterocycles. The van der Waals surface area contributed by atoms with Gasteiger partial charge in [0.1, 0.15) is 6.04 Å². The lowest BCUT2D eigenvalue weighted by molar-refractivity contribution is -0.144. The summed E-state index contributed by atoms with van der Waals surface area (Å²) < 4.78 is 0. The maximum absolute atomic E-state index is 12.5. The minimum absolute atomic E-state index is 0.0223. The molecule has 0 bridgehead atoms. The molecule has 1 aliphatic carbocycles. The molecule has 114 valence electrons. The fraction of sp³-hybridized carbons (Fsp3) is 0.769. The molecular formula is C13H22N2O5. The fourth-order valence-corrected chi connectivity index (χ4v) is 2.96. The molecule has 0 heterocycles. The molecule has 1 aliphatic rings. The molecule has 20 heavy (non-hydrogen) atoms. The third-order valence-corrected chi connectivity index (χ3v) is 3.99. The van der Waals surface area contributed by atoms with E-state index in [-0.39, 0.29) is 12.2 Å². The Hall–Kier alpha value is -1.47. The Morgan fingerprint density at radius 1 is 1.00 bits per heavy atom. The lowest BCUT2D eigenvalue weighted by Gasteiger charge is -2.38. The van der Waals surface area contributed by atoms with Crippen molar-refractivity contribution in [2.24, 2.45) is 16.9 Å². The molecular weight excluding hydrogens is 264 g/mol. The number of carbonyl (C=O) groups excluding carboxylic acids is 1. The summed E-state index contributed by atoms with van der Waals surface area (Å²) in [5.74, 6) is -2.66. The first-order chi connectivity index (χ1) is 9.28.